The van der Waals surface area contributed by atoms with Crippen molar-refractivity contribution in [3.63, 3.8) is 0 Å². The summed E-state index contributed by atoms with van der Waals surface area (Å²) in [5.74, 6) is 1.64. The fourth-order valence-corrected chi connectivity index (χ4v) is 7.34. The summed E-state index contributed by atoms with van der Waals surface area (Å²) in [6.07, 6.45) is 4.79. The van der Waals surface area contributed by atoms with E-state index < -0.39 is 11.4 Å². The van der Waals surface area contributed by atoms with Gasteiger partial charge in [0.25, 0.3) is 5.56 Å². The highest BCUT2D eigenvalue weighted by molar-refractivity contribution is 14.1. The Morgan fingerprint density at radius 3 is 2.73 bits per heavy atom. The molecule has 4 aromatic rings. The average Bonchev–Trinajstić information content (AvgIpc) is 3.49. The highest BCUT2D eigenvalue weighted by atomic mass is 127. The maximum Gasteiger partial charge on any atom is 0.300 e. The molecular formula is C27H25FIN5O2S. The molecule has 1 N–H and O–H groups in total. The molecule has 190 valence electrons. The van der Waals surface area contributed by atoms with E-state index in [1.54, 1.807) is 0 Å². The highest BCUT2D eigenvalue weighted by Gasteiger charge is 2.46. The van der Waals surface area contributed by atoms with E-state index in [0.717, 1.165) is 15.9 Å². The topological polar surface area (TPSA) is 89.2 Å². The molecule has 2 aromatic heterocycles. The summed E-state index contributed by atoms with van der Waals surface area (Å²) in [5, 5.41) is 9.07. The third-order valence-electron chi connectivity index (χ3n) is 7.74. The van der Waals surface area contributed by atoms with Crippen LogP contribution in [-0.4, -0.2) is 37.3 Å². The Labute approximate surface area is 230 Å². The van der Waals surface area contributed by atoms with Crippen LogP contribution in [0.2, 0.25) is 0 Å². The van der Waals surface area contributed by atoms with E-state index in [9.17, 15) is 14.0 Å². The number of thioether (sulfide) groups is 1. The van der Waals surface area contributed by atoms with E-state index in [4.69, 9.17) is 4.98 Å². The Balaban J connectivity index is 1.35. The normalized spacial score (nSPS) is 22.7. The maximum atomic E-state index is 13.5. The summed E-state index contributed by atoms with van der Waals surface area (Å²) in [6.45, 7) is 2.21. The van der Waals surface area contributed by atoms with Crippen molar-refractivity contribution in [1.29, 1.82) is 0 Å². The minimum absolute atomic E-state index is 0.0218. The van der Waals surface area contributed by atoms with Crippen molar-refractivity contribution >= 4 is 56.8 Å². The Hall–Kier alpha value is -2.60. The Kier molecular flexibility index (Phi) is 6.64. The number of fused-ring (bicyclic) bond motifs is 5. The lowest BCUT2D eigenvalue weighted by atomic mass is 9.83. The number of halogens is 2. The van der Waals surface area contributed by atoms with Crippen LogP contribution in [0.5, 0.6) is 0 Å². The van der Waals surface area contributed by atoms with E-state index in [-0.39, 0.29) is 23.4 Å². The molecule has 2 aliphatic rings. The monoisotopic (exact) mass is 629 g/mol. The number of carbonyl (C=O) groups excluding carboxylic acids is 1. The van der Waals surface area contributed by atoms with E-state index in [2.05, 4.69) is 44.9 Å². The molecule has 2 bridgehead atoms. The Bertz CT molecular complexity index is 1580. The van der Waals surface area contributed by atoms with Crippen LogP contribution in [0.1, 0.15) is 32.6 Å². The summed E-state index contributed by atoms with van der Waals surface area (Å²) in [6, 6.07) is 11.5. The zero-order chi connectivity index (χ0) is 25.7. The molecule has 10 heteroatoms. The number of hydrogen-bond acceptors (Lipinski definition) is 6. The van der Waals surface area contributed by atoms with Gasteiger partial charge in [-0.05, 0) is 102 Å². The van der Waals surface area contributed by atoms with Crippen LogP contribution in [-0.2, 0) is 4.79 Å². The molecule has 2 heterocycles. The van der Waals surface area contributed by atoms with E-state index in [1.807, 2.05) is 18.2 Å². The Morgan fingerprint density at radius 2 is 1.95 bits per heavy atom. The zero-order valence-electron chi connectivity index (χ0n) is 20.2. The molecule has 2 aliphatic carbocycles. The summed E-state index contributed by atoms with van der Waals surface area (Å²) in [4.78, 5) is 35.1. The maximum absolute atomic E-state index is 13.5. The second kappa shape index (κ2) is 9.94. The number of nitrogens with zero attached hydrogens (tertiary/aromatic N) is 4. The quantitative estimate of drug-likeness (QED) is 0.139. The number of aromatic nitrogens is 4. The number of carbonyl (C=O) groups is 1. The summed E-state index contributed by atoms with van der Waals surface area (Å²) in [5.41, 5.74) is 1.11. The molecule has 2 aromatic carbocycles. The predicted molar refractivity (Wildman–Crippen MR) is 150 cm³/mol. The number of rotatable bonds is 6. The molecule has 7 nitrogen and oxygen atoms in total. The highest BCUT2D eigenvalue weighted by Crippen LogP contribution is 2.49. The first-order valence-corrected chi connectivity index (χ1v) is 14.6. The standard InChI is InChI=1S/C27H25FIN5O2S/c1-2-19-15-3-4-16(11-15)23(19)31-22(35)13-37-27-30-21-10-9-18(29)12-20(21)25-32-26(36)24(33-34(25)27)14-5-7-17(28)8-6-14/h5-10,12,15-16,19,23H,2-4,11,13H2,1H3,(H,31,35)/t15-,16-,19-,23-/m0/s1. The van der Waals surface area contributed by atoms with Gasteiger partial charge in [0, 0.05) is 20.6 Å². The van der Waals surface area contributed by atoms with Gasteiger partial charge in [0.1, 0.15) is 5.82 Å². The SMILES string of the molecule is CC[C@H]1[C@H]2CC[C@@H](C2)[C@@H]1NC(=O)CSc1nc2ccc(I)cc2c2nc(=O)c(-c3ccc(F)cc3)nn12. The zero-order valence-corrected chi connectivity index (χ0v) is 23.1. The molecule has 2 saturated carbocycles. The van der Waals surface area contributed by atoms with Gasteiger partial charge in [-0.1, -0.05) is 25.1 Å². The molecule has 37 heavy (non-hydrogen) atoms. The first-order valence-electron chi connectivity index (χ1n) is 12.5. The summed E-state index contributed by atoms with van der Waals surface area (Å²) >= 11 is 3.48. The van der Waals surface area contributed by atoms with Gasteiger partial charge < -0.3 is 5.32 Å². The van der Waals surface area contributed by atoms with Crippen molar-refractivity contribution in [2.45, 2.75) is 43.8 Å². The fourth-order valence-electron chi connectivity index (χ4n) is 6.09. The van der Waals surface area contributed by atoms with Crippen LogP contribution in [0.15, 0.2) is 52.4 Å². The van der Waals surface area contributed by atoms with Crippen LogP contribution in [0.3, 0.4) is 0 Å². The molecule has 2 fully saturated rings. The van der Waals surface area contributed by atoms with Crippen LogP contribution in [0, 0.1) is 27.1 Å². The lowest BCUT2D eigenvalue weighted by Crippen LogP contribution is -2.44. The third-order valence-corrected chi connectivity index (χ3v) is 9.34. The minimum Gasteiger partial charge on any atom is -0.352 e. The van der Waals surface area contributed by atoms with Crippen LogP contribution >= 0.6 is 34.4 Å². The van der Waals surface area contributed by atoms with Gasteiger partial charge in [-0.15, -0.1) is 0 Å². The molecule has 1 amide bonds. The van der Waals surface area contributed by atoms with Crippen LogP contribution in [0.25, 0.3) is 27.8 Å². The van der Waals surface area contributed by atoms with Crippen molar-refractivity contribution in [3.8, 4) is 11.3 Å². The number of benzene rings is 2. The van der Waals surface area contributed by atoms with Crippen molar-refractivity contribution < 1.29 is 9.18 Å². The van der Waals surface area contributed by atoms with Crippen LogP contribution < -0.4 is 10.9 Å². The van der Waals surface area contributed by atoms with Gasteiger partial charge in [-0.2, -0.15) is 14.6 Å². The molecule has 0 saturated heterocycles. The molecule has 0 aliphatic heterocycles. The Morgan fingerprint density at radius 1 is 1.16 bits per heavy atom. The first-order chi connectivity index (χ1) is 17.9. The molecule has 0 spiro atoms. The third kappa shape index (κ3) is 4.62. The molecular weight excluding hydrogens is 604 g/mol. The van der Waals surface area contributed by atoms with E-state index in [0.29, 0.717) is 39.1 Å². The predicted octanol–water partition coefficient (Wildman–Crippen LogP) is 5.08. The lowest BCUT2D eigenvalue weighted by molar-refractivity contribution is -0.120. The lowest BCUT2D eigenvalue weighted by Gasteiger charge is -2.31. The van der Waals surface area contributed by atoms with Crippen molar-refractivity contribution in [2.24, 2.45) is 17.8 Å². The van der Waals surface area contributed by atoms with Crippen molar-refractivity contribution in [3.05, 3.63) is 62.2 Å². The molecule has 0 radical (unpaired) electrons. The van der Waals surface area contributed by atoms with Crippen LogP contribution in [0.4, 0.5) is 4.39 Å². The summed E-state index contributed by atoms with van der Waals surface area (Å²) < 4.78 is 16.0. The number of amides is 1. The fraction of sp³-hybridized carbons (Fsp3) is 0.370. The number of hydrogen-bond donors (Lipinski definition) is 1. The molecule has 6 rings (SSSR count). The average molecular weight is 629 g/mol. The first kappa shape index (κ1) is 24.7. The second-order valence-electron chi connectivity index (χ2n) is 9.85. The second-order valence-corrected chi connectivity index (χ2v) is 12.0. The van der Waals surface area contributed by atoms with Gasteiger partial charge in [-0.25, -0.2) is 9.37 Å². The largest absolute Gasteiger partial charge is 0.352 e. The number of nitrogens with one attached hydrogen (secondary N) is 1. The van der Waals surface area contributed by atoms with Gasteiger partial charge in [0.15, 0.2) is 16.5 Å². The smallest absolute Gasteiger partial charge is 0.300 e. The van der Waals surface area contributed by atoms with Gasteiger partial charge in [0.2, 0.25) is 5.91 Å². The van der Waals surface area contributed by atoms with Crippen molar-refractivity contribution in [2.75, 3.05) is 5.75 Å². The van der Waals surface area contributed by atoms with Gasteiger partial charge in [-0.3, -0.25) is 9.59 Å². The van der Waals surface area contributed by atoms with E-state index in [1.165, 1.54) is 59.8 Å². The molecule has 0 unspecified atom stereocenters. The van der Waals surface area contributed by atoms with Gasteiger partial charge >= 0.3 is 0 Å². The molecule has 4 atom stereocenters. The van der Waals surface area contributed by atoms with Gasteiger partial charge in [0.05, 0.1) is 11.3 Å². The minimum atomic E-state index is -0.506. The van der Waals surface area contributed by atoms with E-state index >= 15 is 0 Å². The van der Waals surface area contributed by atoms with Crippen molar-refractivity contribution in [1.82, 2.24) is 24.9 Å². The summed E-state index contributed by atoms with van der Waals surface area (Å²) in [7, 11) is 0.